The summed E-state index contributed by atoms with van der Waals surface area (Å²) in [6.07, 6.45) is 1.04. The van der Waals surface area contributed by atoms with E-state index in [-0.39, 0.29) is 5.57 Å². The number of carbonyl (C=O) groups excluding carboxylic acids is 1. The molecule has 5 nitrogen and oxygen atoms in total. The molecule has 1 aromatic rings. The van der Waals surface area contributed by atoms with E-state index in [4.69, 9.17) is 20.5 Å². The van der Waals surface area contributed by atoms with Crippen LogP contribution in [0.4, 0.5) is 0 Å². The van der Waals surface area contributed by atoms with Crippen LogP contribution in [0.25, 0.3) is 6.08 Å². The summed E-state index contributed by atoms with van der Waals surface area (Å²) in [5.41, 5.74) is 6.60. The number of benzene rings is 1. The van der Waals surface area contributed by atoms with Gasteiger partial charge in [-0.05, 0) is 25.5 Å². The van der Waals surface area contributed by atoms with Crippen molar-refractivity contribution in [1.82, 2.24) is 0 Å². The lowest BCUT2D eigenvalue weighted by Crippen LogP contribution is -2.12. The van der Waals surface area contributed by atoms with Crippen molar-refractivity contribution in [3.8, 4) is 6.07 Å². The summed E-state index contributed by atoms with van der Waals surface area (Å²) >= 11 is 0. The van der Waals surface area contributed by atoms with E-state index < -0.39 is 12.2 Å². The Balaban J connectivity index is 2.93. The Hall–Kier alpha value is -2.16. The minimum Gasteiger partial charge on any atom is -0.365 e. The fraction of sp³-hybridized carbons (Fsp3) is 0.333. The summed E-state index contributed by atoms with van der Waals surface area (Å²) in [5.74, 6) is -0.738. The maximum Gasteiger partial charge on any atom is 0.259 e. The molecule has 0 radical (unpaired) electrons. The average Bonchev–Trinajstić information content (AvgIpc) is 2.45. The molecule has 0 heterocycles. The smallest absolute Gasteiger partial charge is 0.259 e. The Morgan fingerprint density at radius 3 is 2.25 bits per heavy atom. The van der Waals surface area contributed by atoms with Gasteiger partial charge in [0.25, 0.3) is 5.91 Å². The van der Waals surface area contributed by atoms with Crippen molar-refractivity contribution >= 4 is 12.0 Å². The van der Waals surface area contributed by atoms with Gasteiger partial charge in [-0.25, -0.2) is 0 Å². The van der Waals surface area contributed by atoms with E-state index in [1.807, 2.05) is 26.0 Å². The van der Waals surface area contributed by atoms with Gasteiger partial charge in [-0.1, -0.05) is 24.3 Å². The van der Waals surface area contributed by atoms with Gasteiger partial charge in [0.2, 0.25) is 0 Å². The fourth-order valence-electron chi connectivity index (χ4n) is 1.62. The van der Waals surface area contributed by atoms with Crippen LogP contribution in [0.5, 0.6) is 0 Å². The molecule has 0 saturated heterocycles. The highest BCUT2D eigenvalue weighted by Gasteiger charge is 2.11. The first-order chi connectivity index (χ1) is 9.62. The Bertz CT molecular complexity index is 509. The number of rotatable bonds is 7. The molecule has 0 aliphatic heterocycles. The van der Waals surface area contributed by atoms with Gasteiger partial charge in [0.1, 0.15) is 11.6 Å². The minimum atomic E-state index is -0.738. The second-order valence-electron chi connectivity index (χ2n) is 3.94. The summed E-state index contributed by atoms with van der Waals surface area (Å²) in [6.45, 7) is 4.89. The SMILES string of the molecule is CCOC(OCC)c1ccc(/C=C(\C#N)C(N)=O)cc1. The number of carbonyl (C=O) groups is 1. The van der Waals surface area contributed by atoms with E-state index in [0.29, 0.717) is 13.2 Å². The number of hydrogen-bond acceptors (Lipinski definition) is 4. The zero-order valence-corrected chi connectivity index (χ0v) is 11.6. The van der Waals surface area contributed by atoms with Gasteiger partial charge in [-0.3, -0.25) is 4.79 Å². The maximum atomic E-state index is 11.0. The first-order valence-corrected chi connectivity index (χ1v) is 6.37. The van der Waals surface area contributed by atoms with Crippen LogP contribution in [-0.2, 0) is 14.3 Å². The van der Waals surface area contributed by atoms with Crippen LogP contribution in [0.2, 0.25) is 0 Å². The highest BCUT2D eigenvalue weighted by atomic mass is 16.7. The molecule has 106 valence electrons. The number of nitrogens with two attached hydrogens (primary N) is 1. The van der Waals surface area contributed by atoms with Crippen LogP contribution in [-0.4, -0.2) is 19.1 Å². The molecule has 5 heteroatoms. The number of ether oxygens (including phenoxy) is 2. The predicted octanol–water partition coefficient (Wildman–Crippen LogP) is 2.15. The number of primary amides is 1. The highest BCUT2D eigenvalue weighted by molar-refractivity contribution is 6.00. The number of nitrogens with zero attached hydrogens (tertiary/aromatic N) is 1. The molecule has 0 bridgehead atoms. The van der Waals surface area contributed by atoms with Crippen LogP contribution < -0.4 is 5.73 Å². The molecule has 20 heavy (non-hydrogen) atoms. The topological polar surface area (TPSA) is 85.3 Å². The molecule has 0 spiro atoms. The van der Waals surface area contributed by atoms with Gasteiger partial charge in [0.05, 0.1) is 0 Å². The summed E-state index contributed by atoms with van der Waals surface area (Å²) in [7, 11) is 0. The van der Waals surface area contributed by atoms with Gasteiger partial charge in [0.15, 0.2) is 6.29 Å². The standard InChI is InChI=1S/C15H18N2O3/c1-3-19-15(20-4-2)12-7-5-11(6-8-12)9-13(10-16)14(17)18/h5-9,15H,3-4H2,1-2H3,(H2,17,18)/b13-9+. The quantitative estimate of drug-likeness (QED) is 0.469. The zero-order valence-electron chi connectivity index (χ0n) is 11.6. The second kappa shape index (κ2) is 8.10. The van der Waals surface area contributed by atoms with Gasteiger partial charge in [-0.15, -0.1) is 0 Å². The third-order valence-corrected chi connectivity index (χ3v) is 2.54. The Kier molecular flexibility index (Phi) is 6.44. The third kappa shape index (κ3) is 4.50. The summed E-state index contributed by atoms with van der Waals surface area (Å²) in [5, 5.41) is 8.78. The van der Waals surface area contributed by atoms with Crippen LogP contribution >= 0.6 is 0 Å². The number of nitriles is 1. The van der Waals surface area contributed by atoms with E-state index in [9.17, 15) is 4.79 Å². The molecule has 1 aromatic carbocycles. The van der Waals surface area contributed by atoms with Crippen molar-refractivity contribution in [2.75, 3.05) is 13.2 Å². The molecule has 0 aliphatic carbocycles. The lowest BCUT2D eigenvalue weighted by molar-refractivity contribution is -0.140. The van der Waals surface area contributed by atoms with Crippen LogP contribution in [0.3, 0.4) is 0 Å². The lowest BCUT2D eigenvalue weighted by Gasteiger charge is -2.17. The van der Waals surface area contributed by atoms with E-state index in [1.165, 1.54) is 6.08 Å². The average molecular weight is 274 g/mol. The van der Waals surface area contributed by atoms with E-state index >= 15 is 0 Å². The molecule has 0 unspecified atom stereocenters. The van der Waals surface area contributed by atoms with E-state index in [0.717, 1.165) is 11.1 Å². The Labute approximate surface area is 118 Å². The van der Waals surface area contributed by atoms with Crippen molar-refractivity contribution in [2.24, 2.45) is 5.73 Å². The molecule has 2 N–H and O–H groups in total. The van der Waals surface area contributed by atoms with E-state index in [1.54, 1.807) is 18.2 Å². The normalized spacial score (nSPS) is 11.4. The third-order valence-electron chi connectivity index (χ3n) is 2.54. The summed E-state index contributed by atoms with van der Waals surface area (Å²) in [4.78, 5) is 11.0. The maximum absolute atomic E-state index is 11.0. The fourth-order valence-corrected chi connectivity index (χ4v) is 1.62. The lowest BCUT2D eigenvalue weighted by atomic mass is 10.1. The molecule has 1 rings (SSSR count). The number of amides is 1. The van der Waals surface area contributed by atoms with E-state index in [2.05, 4.69) is 0 Å². The molecule has 0 aromatic heterocycles. The van der Waals surface area contributed by atoms with Crippen molar-refractivity contribution in [3.63, 3.8) is 0 Å². The van der Waals surface area contributed by atoms with Crippen molar-refractivity contribution in [1.29, 1.82) is 5.26 Å². The molecular formula is C15H18N2O3. The Morgan fingerprint density at radius 1 is 1.30 bits per heavy atom. The van der Waals surface area contributed by atoms with Gasteiger partial charge in [0, 0.05) is 18.8 Å². The van der Waals surface area contributed by atoms with Gasteiger partial charge in [-0.2, -0.15) is 5.26 Å². The molecule has 0 aliphatic rings. The van der Waals surface area contributed by atoms with Crippen molar-refractivity contribution in [2.45, 2.75) is 20.1 Å². The zero-order chi connectivity index (χ0) is 15.0. The van der Waals surface area contributed by atoms with Crippen molar-refractivity contribution in [3.05, 3.63) is 41.0 Å². The second-order valence-corrected chi connectivity index (χ2v) is 3.94. The molecule has 0 atom stereocenters. The summed E-state index contributed by atoms with van der Waals surface area (Å²) in [6, 6.07) is 8.98. The highest BCUT2D eigenvalue weighted by Crippen LogP contribution is 2.20. The van der Waals surface area contributed by atoms with Crippen LogP contribution in [0, 0.1) is 11.3 Å². The molecule has 0 saturated carbocycles. The van der Waals surface area contributed by atoms with Crippen molar-refractivity contribution < 1.29 is 14.3 Å². The predicted molar refractivity (Wildman–Crippen MR) is 75.2 cm³/mol. The largest absolute Gasteiger partial charge is 0.365 e. The minimum absolute atomic E-state index is 0.0797. The first-order valence-electron chi connectivity index (χ1n) is 6.37. The Morgan fingerprint density at radius 2 is 1.85 bits per heavy atom. The van der Waals surface area contributed by atoms with Gasteiger partial charge >= 0.3 is 0 Å². The molecular weight excluding hydrogens is 256 g/mol. The molecule has 0 fully saturated rings. The van der Waals surface area contributed by atoms with Crippen LogP contribution in [0.1, 0.15) is 31.3 Å². The monoisotopic (exact) mass is 274 g/mol. The molecule has 1 amide bonds. The number of hydrogen-bond donors (Lipinski definition) is 1. The first kappa shape index (κ1) is 15.9. The summed E-state index contributed by atoms with van der Waals surface area (Å²) < 4.78 is 11.0. The van der Waals surface area contributed by atoms with Gasteiger partial charge < -0.3 is 15.2 Å². The van der Waals surface area contributed by atoms with Crippen LogP contribution in [0.15, 0.2) is 29.8 Å².